The van der Waals surface area contributed by atoms with Crippen LogP contribution in [0.2, 0.25) is 0 Å². The SMILES string of the molecule is COC(=O)C1(c2ccc(F)cc2)Nc2ccccc2N=C1N1CCCc2cc(C(=O)N3CCOCC3)ccc21. The summed E-state index contributed by atoms with van der Waals surface area (Å²) in [5.74, 6) is -0.547. The van der Waals surface area contributed by atoms with Gasteiger partial charge in [0.2, 0.25) is 5.54 Å². The van der Waals surface area contributed by atoms with Crippen LogP contribution in [-0.4, -0.2) is 62.6 Å². The second-order valence-corrected chi connectivity index (χ2v) is 9.83. The highest BCUT2D eigenvalue weighted by Gasteiger charge is 2.52. The summed E-state index contributed by atoms with van der Waals surface area (Å²) in [7, 11) is 1.33. The highest BCUT2D eigenvalue weighted by molar-refractivity contribution is 6.22. The van der Waals surface area contributed by atoms with Crippen molar-refractivity contribution in [2.75, 3.05) is 50.2 Å². The van der Waals surface area contributed by atoms with E-state index in [4.69, 9.17) is 14.5 Å². The molecule has 1 N–H and O–H groups in total. The molecule has 0 spiro atoms. The highest BCUT2D eigenvalue weighted by Crippen LogP contribution is 2.43. The molecule has 1 saturated heterocycles. The lowest BCUT2D eigenvalue weighted by atomic mass is 9.84. The van der Waals surface area contributed by atoms with Crippen molar-refractivity contribution in [2.45, 2.75) is 18.4 Å². The smallest absolute Gasteiger partial charge is 0.344 e. The van der Waals surface area contributed by atoms with Gasteiger partial charge in [-0.3, -0.25) is 4.79 Å². The molecule has 8 nitrogen and oxygen atoms in total. The van der Waals surface area contributed by atoms with E-state index in [1.54, 1.807) is 12.1 Å². The quantitative estimate of drug-likeness (QED) is 0.511. The molecule has 1 atom stereocenters. The third-order valence-electron chi connectivity index (χ3n) is 7.56. The topological polar surface area (TPSA) is 83.5 Å². The Bertz CT molecular complexity index is 1450. The molecule has 0 aliphatic carbocycles. The van der Waals surface area contributed by atoms with Crippen molar-refractivity contribution in [1.29, 1.82) is 0 Å². The third-order valence-corrected chi connectivity index (χ3v) is 7.56. The average Bonchev–Trinajstić information content (AvgIpc) is 2.99. The predicted octanol–water partition coefficient (Wildman–Crippen LogP) is 4.27. The lowest BCUT2D eigenvalue weighted by Gasteiger charge is -2.44. The number of hydrogen-bond donors (Lipinski definition) is 1. The molecule has 0 bridgehead atoms. The number of aliphatic imine (C=N–C) groups is 1. The van der Waals surface area contributed by atoms with Crippen LogP contribution in [0.5, 0.6) is 0 Å². The molecule has 3 aliphatic rings. The number of anilines is 2. The van der Waals surface area contributed by atoms with E-state index in [1.807, 2.05) is 52.3 Å². The van der Waals surface area contributed by atoms with E-state index in [1.165, 1.54) is 19.2 Å². The molecule has 200 valence electrons. The monoisotopic (exact) mass is 528 g/mol. The molecule has 0 radical (unpaired) electrons. The van der Waals surface area contributed by atoms with Crippen LogP contribution in [0.15, 0.2) is 71.7 Å². The van der Waals surface area contributed by atoms with Crippen LogP contribution in [0.4, 0.5) is 21.5 Å². The number of morpholine rings is 1. The van der Waals surface area contributed by atoms with Gasteiger partial charge in [0, 0.05) is 30.9 Å². The lowest BCUT2D eigenvalue weighted by molar-refractivity contribution is -0.143. The van der Waals surface area contributed by atoms with Gasteiger partial charge < -0.3 is 24.6 Å². The number of rotatable bonds is 3. The number of hydrogen-bond acceptors (Lipinski definition) is 7. The number of ether oxygens (including phenoxy) is 2. The molecule has 1 unspecified atom stereocenters. The normalized spacial score (nSPS) is 20.3. The maximum atomic E-state index is 14.0. The van der Waals surface area contributed by atoms with Crippen LogP contribution >= 0.6 is 0 Å². The minimum absolute atomic E-state index is 0.0148. The van der Waals surface area contributed by atoms with E-state index < -0.39 is 17.3 Å². The van der Waals surface area contributed by atoms with Gasteiger partial charge in [0.1, 0.15) is 5.82 Å². The Morgan fingerprint density at radius 2 is 1.79 bits per heavy atom. The maximum absolute atomic E-state index is 14.0. The fourth-order valence-corrected chi connectivity index (χ4v) is 5.61. The minimum Gasteiger partial charge on any atom is -0.467 e. The number of methoxy groups -OCH3 is 1. The molecule has 3 aromatic rings. The van der Waals surface area contributed by atoms with Gasteiger partial charge in [0.15, 0.2) is 5.84 Å². The first-order chi connectivity index (χ1) is 19.0. The molecule has 39 heavy (non-hydrogen) atoms. The van der Waals surface area contributed by atoms with Gasteiger partial charge in [-0.2, -0.15) is 0 Å². The molecular formula is C30H29FN4O4. The molecule has 3 aliphatic heterocycles. The number of carbonyl (C=O) groups is 2. The molecule has 9 heteroatoms. The summed E-state index contributed by atoms with van der Waals surface area (Å²) in [6.45, 7) is 2.83. The van der Waals surface area contributed by atoms with Crippen molar-refractivity contribution in [1.82, 2.24) is 4.90 Å². The number of carbonyl (C=O) groups excluding carboxylic acids is 2. The first-order valence-corrected chi connectivity index (χ1v) is 13.1. The number of amidine groups is 1. The fraction of sp³-hybridized carbons (Fsp3) is 0.300. The van der Waals surface area contributed by atoms with Gasteiger partial charge in [-0.15, -0.1) is 0 Å². The van der Waals surface area contributed by atoms with Crippen LogP contribution in [0, 0.1) is 5.82 Å². The Morgan fingerprint density at radius 1 is 1.03 bits per heavy atom. The molecule has 0 saturated carbocycles. The molecular weight excluding hydrogens is 499 g/mol. The average molecular weight is 529 g/mol. The van der Waals surface area contributed by atoms with E-state index >= 15 is 0 Å². The highest BCUT2D eigenvalue weighted by atomic mass is 19.1. The summed E-state index contributed by atoms with van der Waals surface area (Å²) in [6, 6.07) is 19.0. The van der Waals surface area contributed by atoms with Crippen molar-refractivity contribution in [3.63, 3.8) is 0 Å². The third kappa shape index (κ3) is 4.32. The van der Waals surface area contributed by atoms with Crippen molar-refractivity contribution in [3.8, 4) is 0 Å². The summed E-state index contributed by atoms with van der Waals surface area (Å²) in [5, 5.41) is 3.41. The second-order valence-electron chi connectivity index (χ2n) is 9.83. The van der Waals surface area contributed by atoms with E-state index in [0.717, 1.165) is 24.1 Å². The summed E-state index contributed by atoms with van der Waals surface area (Å²) in [6.07, 6.45) is 1.58. The van der Waals surface area contributed by atoms with Gasteiger partial charge in [0.25, 0.3) is 5.91 Å². The van der Waals surface area contributed by atoms with Crippen LogP contribution in [-0.2, 0) is 26.2 Å². The summed E-state index contributed by atoms with van der Waals surface area (Å²) in [5.41, 5.74) is 2.84. The van der Waals surface area contributed by atoms with Crippen LogP contribution < -0.4 is 10.2 Å². The Hall–Kier alpha value is -4.24. The van der Waals surface area contributed by atoms with Crippen molar-refractivity contribution in [2.24, 2.45) is 4.99 Å². The first-order valence-electron chi connectivity index (χ1n) is 13.1. The Morgan fingerprint density at radius 3 is 2.56 bits per heavy atom. The van der Waals surface area contributed by atoms with Crippen molar-refractivity contribution >= 4 is 34.8 Å². The lowest BCUT2D eigenvalue weighted by Crippen LogP contribution is -2.59. The van der Waals surface area contributed by atoms with E-state index in [2.05, 4.69) is 5.32 Å². The number of halogens is 1. The largest absolute Gasteiger partial charge is 0.467 e. The molecule has 1 amide bonds. The standard InChI is InChI=1S/C30H29FN4O4/c1-38-29(37)30(22-9-11-23(31)12-10-22)28(32-24-6-2-3-7-25(24)33-30)35-14-4-5-20-19-21(8-13-26(20)35)27(36)34-15-17-39-18-16-34/h2-3,6-13,19,33H,4-5,14-18H2,1H3. The van der Waals surface area contributed by atoms with Gasteiger partial charge in [0.05, 0.1) is 31.7 Å². The molecule has 1 fully saturated rings. The van der Waals surface area contributed by atoms with Crippen molar-refractivity contribution < 1.29 is 23.5 Å². The van der Waals surface area contributed by atoms with Crippen LogP contribution in [0.1, 0.15) is 27.9 Å². The van der Waals surface area contributed by atoms with Crippen LogP contribution in [0.25, 0.3) is 0 Å². The molecule has 3 heterocycles. The number of esters is 1. The molecule has 3 aromatic carbocycles. The Labute approximate surface area is 226 Å². The maximum Gasteiger partial charge on any atom is 0.344 e. The fourth-order valence-electron chi connectivity index (χ4n) is 5.61. The number of nitrogens with zero attached hydrogens (tertiary/aromatic N) is 3. The molecule has 6 rings (SSSR count). The van der Waals surface area contributed by atoms with Crippen molar-refractivity contribution in [3.05, 3.63) is 89.2 Å². The predicted molar refractivity (Wildman–Crippen MR) is 146 cm³/mol. The van der Waals surface area contributed by atoms with Crippen LogP contribution in [0.3, 0.4) is 0 Å². The Balaban J connectivity index is 1.48. The van der Waals surface area contributed by atoms with E-state index in [0.29, 0.717) is 61.2 Å². The number of aryl methyl sites for hydroxylation is 1. The second kappa shape index (κ2) is 10.1. The van der Waals surface area contributed by atoms with E-state index in [9.17, 15) is 14.0 Å². The minimum atomic E-state index is -1.52. The van der Waals surface area contributed by atoms with Gasteiger partial charge >= 0.3 is 5.97 Å². The van der Waals surface area contributed by atoms with E-state index in [-0.39, 0.29) is 5.91 Å². The van der Waals surface area contributed by atoms with Gasteiger partial charge in [-0.05, 0) is 66.4 Å². The Kier molecular flexibility index (Phi) is 6.52. The van der Waals surface area contributed by atoms with Gasteiger partial charge in [-0.1, -0.05) is 24.3 Å². The summed E-state index contributed by atoms with van der Waals surface area (Å²) in [4.78, 5) is 35.8. The molecule has 0 aromatic heterocycles. The zero-order chi connectivity index (χ0) is 27.0. The zero-order valence-electron chi connectivity index (χ0n) is 21.7. The number of amides is 1. The summed E-state index contributed by atoms with van der Waals surface area (Å²) >= 11 is 0. The number of para-hydroxylation sites is 2. The zero-order valence-corrected chi connectivity index (χ0v) is 21.7. The number of nitrogens with one attached hydrogen (secondary N) is 1. The number of benzene rings is 3. The first kappa shape index (κ1) is 25.1. The van der Waals surface area contributed by atoms with Gasteiger partial charge in [-0.25, -0.2) is 14.2 Å². The number of fused-ring (bicyclic) bond motifs is 2. The summed E-state index contributed by atoms with van der Waals surface area (Å²) < 4.78 is 24.7.